The number of thioether (sulfide) groups is 1. The molecule has 0 fully saturated rings. The minimum atomic E-state index is -0.374. The molecule has 0 unspecified atom stereocenters. The average Bonchev–Trinajstić information content (AvgIpc) is 3.17. The number of H-pyrrole nitrogens is 1. The van der Waals surface area contributed by atoms with E-state index in [1.54, 1.807) is 19.6 Å². The summed E-state index contributed by atoms with van der Waals surface area (Å²) >= 11 is 1.53. The Morgan fingerprint density at radius 3 is 2.82 bits per heavy atom. The molecule has 3 aromatic heterocycles. The quantitative estimate of drug-likeness (QED) is 0.541. The third-order valence-corrected chi connectivity index (χ3v) is 4.39. The van der Waals surface area contributed by atoms with Crippen LogP contribution in [0.4, 0.5) is 0 Å². The highest BCUT2D eigenvalue weighted by molar-refractivity contribution is 7.99. The minimum Gasteiger partial charge on any atom is -0.337 e. The Morgan fingerprint density at radius 2 is 2.09 bits per heavy atom. The van der Waals surface area contributed by atoms with E-state index in [1.165, 1.54) is 23.4 Å². The van der Waals surface area contributed by atoms with Crippen LogP contribution in [-0.2, 0) is 20.6 Å². The molecule has 0 atom stereocenters. The van der Waals surface area contributed by atoms with Gasteiger partial charge < -0.3 is 9.55 Å². The molecule has 0 saturated heterocycles. The van der Waals surface area contributed by atoms with Crippen LogP contribution in [0, 0.1) is 0 Å². The zero-order valence-corrected chi connectivity index (χ0v) is 13.1. The largest absolute Gasteiger partial charge is 0.337 e. The summed E-state index contributed by atoms with van der Waals surface area (Å²) in [5.74, 6) is 0.853. The van der Waals surface area contributed by atoms with Gasteiger partial charge in [0.2, 0.25) is 0 Å². The highest BCUT2D eigenvalue weighted by Crippen LogP contribution is 2.17. The molecule has 8 nitrogen and oxygen atoms in total. The molecule has 1 N–H and O–H groups in total. The molecule has 0 spiro atoms. The van der Waals surface area contributed by atoms with Gasteiger partial charge >= 0.3 is 5.69 Å². The van der Waals surface area contributed by atoms with Crippen LogP contribution in [0.15, 0.2) is 33.5 Å². The number of aromatic amines is 1. The van der Waals surface area contributed by atoms with Gasteiger partial charge in [-0.05, 0) is 6.42 Å². The molecule has 0 aliphatic rings. The summed E-state index contributed by atoms with van der Waals surface area (Å²) in [4.78, 5) is 35.3. The van der Waals surface area contributed by atoms with Gasteiger partial charge in [0.15, 0.2) is 16.3 Å². The molecule has 0 radical (unpaired) electrons. The lowest BCUT2D eigenvalue weighted by molar-refractivity contribution is 0.683. The molecule has 9 heteroatoms. The van der Waals surface area contributed by atoms with E-state index in [1.807, 2.05) is 10.8 Å². The van der Waals surface area contributed by atoms with Crippen LogP contribution in [-0.4, -0.2) is 34.4 Å². The Morgan fingerprint density at radius 1 is 1.27 bits per heavy atom. The summed E-state index contributed by atoms with van der Waals surface area (Å²) in [5.41, 5.74) is 0.0310. The van der Waals surface area contributed by atoms with Crippen molar-refractivity contribution >= 4 is 22.9 Å². The first-order chi connectivity index (χ1) is 10.6. The van der Waals surface area contributed by atoms with Crippen molar-refractivity contribution in [2.24, 2.45) is 14.1 Å². The molecule has 0 aliphatic carbocycles. The van der Waals surface area contributed by atoms with Gasteiger partial charge in [0.05, 0.1) is 6.33 Å². The van der Waals surface area contributed by atoms with Crippen molar-refractivity contribution in [1.82, 2.24) is 28.7 Å². The van der Waals surface area contributed by atoms with Crippen molar-refractivity contribution in [3.63, 3.8) is 0 Å². The van der Waals surface area contributed by atoms with E-state index in [9.17, 15) is 9.59 Å². The van der Waals surface area contributed by atoms with Gasteiger partial charge in [0.1, 0.15) is 0 Å². The van der Waals surface area contributed by atoms with E-state index in [4.69, 9.17) is 0 Å². The molecule has 22 heavy (non-hydrogen) atoms. The van der Waals surface area contributed by atoms with Crippen LogP contribution in [0.25, 0.3) is 11.2 Å². The standard InChI is InChI=1S/C13H16N6O2S/c1-17-10-9(11(20)18(2)13(17)21)15-12(16-10)22-7-3-5-19-6-4-14-8-19/h4,6,8H,3,5,7H2,1-2H3,(H,15,16). The van der Waals surface area contributed by atoms with Crippen molar-refractivity contribution in [1.29, 1.82) is 0 Å². The third-order valence-electron chi connectivity index (χ3n) is 3.43. The Labute approximate surface area is 129 Å². The zero-order chi connectivity index (χ0) is 15.7. The van der Waals surface area contributed by atoms with Gasteiger partial charge in [-0.1, -0.05) is 11.8 Å². The van der Waals surface area contributed by atoms with Gasteiger partial charge in [0.25, 0.3) is 5.56 Å². The average molecular weight is 320 g/mol. The Bertz CT molecular complexity index is 905. The summed E-state index contributed by atoms with van der Waals surface area (Å²) in [6.07, 6.45) is 6.41. The summed E-state index contributed by atoms with van der Waals surface area (Å²) in [7, 11) is 3.07. The minimum absolute atomic E-state index is 0.351. The highest BCUT2D eigenvalue weighted by atomic mass is 32.2. The number of hydrogen-bond donors (Lipinski definition) is 1. The molecule has 3 rings (SSSR count). The molecule has 3 aromatic rings. The fraction of sp³-hybridized carbons (Fsp3) is 0.385. The van der Waals surface area contributed by atoms with Gasteiger partial charge in [-0.3, -0.25) is 13.9 Å². The van der Waals surface area contributed by atoms with E-state index < -0.39 is 0 Å². The van der Waals surface area contributed by atoms with Crippen molar-refractivity contribution in [3.8, 4) is 0 Å². The van der Waals surface area contributed by atoms with Crippen molar-refractivity contribution < 1.29 is 0 Å². The second-order valence-electron chi connectivity index (χ2n) is 4.95. The van der Waals surface area contributed by atoms with Gasteiger partial charge in [-0.2, -0.15) is 0 Å². The summed E-state index contributed by atoms with van der Waals surface area (Å²) in [6.45, 7) is 0.882. The van der Waals surface area contributed by atoms with Gasteiger partial charge in [-0.25, -0.2) is 14.8 Å². The molecular formula is C13H16N6O2S. The number of imidazole rings is 2. The molecule has 116 valence electrons. The SMILES string of the molecule is Cn1c(=O)c2[nH]c(SCCCn3ccnc3)nc2n(C)c1=O. The van der Waals surface area contributed by atoms with Crippen molar-refractivity contribution in [2.75, 3.05) is 5.75 Å². The predicted octanol–water partition coefficient (Wildman–Crippen LogP) is 0.339. The smallest absolute Gasteiger partial charge is 0.332 e. The molecule has 0 bridgehead atoms. The first-order valence-electron chi connectivity index (χ1n) is 6.82. The predicted molar refractivity (Wildman–Crippen MR) is 84.1 cm³/mol. The van der Waals surface area contributed by atoms with Crippen LogP contribution in [0.5, 0.6) is 0 Å². The number of rotatable bonds is 5. The maximum Gasteiger partial charge on any atom is 0.332 e. The Hall–Kier alpha value is -2.29. The molecular weight excluding hydrogens is 304 g/mol. The molecule has 0 amide bonds. The zero-order valence-electron chi connectivity index (χ0n) is 12.3. The van der Waals surface area contributed by atoms with E-state index in [-0.39, 0.29) is 11.2 Å². The molecule has 0 aromatic carbocycles. The number of aromatic nitrogens is 6. The summed E-state index contributed by atoms with van der Waals surface area (Å²) < 4.78 is 4.47. The van der Waals surface area contributed by atoms with Crippen LogP contribution in [0.2, 0.25) is 0 Å². The van der Waals surface area contributed by atoms with Crippen LogP contribution < -0.4 is 11.2 Å². The van der Waals surface area contributed by atoms with Gasteiger partial charge in [0, 0.05) is 38.8 Å². The number of fused-ring (bicyclic) bond motifs is 1. The number of hydrogen-bond acceptors (Lipinski definition) is 5. The second-order valence-corrected chi connectivity index (χ2v) is 6.03. The Kier molecular flexibility index (Phi) is 3.88. The summed E-state index contributed by atoms with van der Waals surface area (Å²) in [5, 5.41) is 0.652. The van der Waals surface area contributed by atoms with Crippen LogP contribution >= 0.6 is 11.8 Å². The number of nitrogens with one attached hydrogen (secondary N) is 1. The maximum absolute atomic E-state index is 12.1. The van der Waals surface area contributed by atoms with Crippen LogP contribution in [0.3, 0.4) is 0 Å². The lowest BCUT2D eigenvalue weighted by Gasteiger charge is -2.00. The maximum atomic E-state index is 12.1. The van der Waals surface area contributed by atoms with Crippen LogP contribution in [0.1, 0.15) is 6.42 Å². The lowest BCUT2D eigenvalue weighted by atomic mass is 10.5. The van der Waals surface area contributed by atoms with E-state index in [0.29, 0.717) is 16.3 Å². The van der Waals surface area contributed by atoms with E-state index >= 15 is 0 Å². The van der Waals surface area contributed by atoms with Crippen molar-refractivity contribution in [2.45, 2.75) is 18.1 Å². The lowest BCUT2D eigenvalue weighted by Crippen LogP contribution is -2.36. The Balaban J connectivity index is 1.75. The molecule has 3 heterocycles. The second kappa shape index (κ2) is 5.84. The topological polar surface area (TPSA) is 90.5 Å². The molecule has 0 saturated carbocycles. The number of aryl methyl sites for hydroxylation is 2. The summed E-state index contributed by atoms with van der Waals surface area (Å²) in [6, 6.07) is 0. The first-order valence-corrected chi connectivity index (χ1v) is 7.81. The third kappa shape index (κ3) is 2.59. The fourth-order valence-electron chi connectivity index (χ4n) is 2.21. The highest BCUT2D eigenvalue weighted by Gasteiger charge is 2.13. The van der Waals surface area contributed by atoms with Crippen molar-refractivity contribution in [3.05, 3.63) is 39.6 Å². The monoisotopic (exact) mass is 320 g/mol. The van der Waals surface area contributed by atoms with E-state index in [2.05, 4.69) is 15.0 Å². The van der Waals surface area contributed by atoms with Gasteiger partial charge in [-0.15, -0.1) is 0 Å². The molecule has 0 aliphatic heterocycles. The number of nitrogens with zero attached hydrogens (tertiary/aromatic N) is 5. The van der Waals surface area contributed by atoms with E-state index in [0.717, 1.165) is 23.3 Å². The normalized spacial score (nSPS) is 11.4. The fourth-order valence-corrected chi connectivity index (χ4v) is 3.00. The first kappa shape index (κ1) is 14.6.